The van der Waals surface area contributed by atoms with E-state index in [-0.39, 0.29) is 18.9 Å². The highest BCUT2D eigenvalue weighted by Crippen LogP contribution is 2.33. The zero-order valence-corrected chi connectivity index (χ0v) is 16.9. The summed E-state index contributed by atoms with van der Waals surface area (Å²) in [6.07, 6.45) is 0.602. The van der Waals surface area contributed by atoms with Crippen LogP contribution in [0.1, 0.15) is 19.8 Å². The average Bonchev–Trinajstić information content (AvgIpc) is 3.12. The zero-order chi connectivity index (χ0) is 21.9. The van der Waals surface area contributed by atoms with Crippen molar-refractivity contribution in [3.63, 3.8) is 0 Å². The molecule has 0 aliphatic carbocycles. The number of hydrogen-bond acceptors (Lipinski definition) is 8. The molecule has 1 fully saturated rings. The number of ether oxygens (including phenoxy) is 2. The third-order valence-corrected chi connectivity index (χ3v) is 6.54. The first-order chi connectivity index (χ1) is 14.3. The summed E-state index contributed by atoms with van der Waals surface area (Å²) in [5, 5.41) is 13.9. The minimum absolute atomic E-state index is 0.0982. The van der Waals surface area contributed by atoms with Gasteiger partial charge in [-0.3, -0.25) is 19.7 Å². The molecule has 0 saturated carbocycles. The van der Waals surface area contributed by atoms with Crippen LogP contribution in [0.4, 0.5) is 5.69 Å². The van der Waals surface area contributed by atoms with Crippen LogP contribution in [0.25, 0.3) is 0 Å². The topological polar surface area (TPSA) is 145 Å². The smallest absolute Gasteiger partial charge is 0.313 e. The van der Waals surface area contributed by atoms with Gasteiger partial charge in [0.25, 0.3) is 15.7 Å². The van der Waals surface area contributed by atoms with Crippen LogP contribution in [-0.2, 0) is 29.1 Å². The van der Waals surface area contributed by atoms with Gasteiger partial charge in [0.2, 0.25) is 5.91 Å². The monoisotopic (exact) mass is 439 g/mol. The lowest BCUT2D eigenvalue weighted by Gasteiger charge is -2.35. The van der Waals surface area contributed by atoms with E-state index in [1.807, 2.05) is 0 Å². The van der Waals surface area contributed by atoms with Crippen LogP contribution in [0.15, 0.2) is 41.4 Å². The second-order valence-electron chi connectivity index (χ2n) is 6.65. The molecule has 2 aliphatic heterocycles. The Hall–Kier alpha value is -2.99. The van der Waals surface area contributed by atoms with E-state index < -0.39 is 49.7 Å². The Balaban J connectivity index is 1.98. The van der Waals surface area contributed by atoms with Crippen molar-refractivity contribution in [3.8, 4) is 0 Å². The molecule has 1 aromatic carbocycles. The van der Waals surface area contributed by atoms with Crippen LogP contribution in [-0.4, -0.2) is 55.0 Å². The lowest BCUT2D eigenvalue weighted by atomic mass is 10.0. The predicted octanol–water partition coefficient (Wildman–Crippen LogP) is 0.913. The Kier molecular flexibility index (Phi) is 6.37. The van der Waals surface area contributed by atoms with E-state index in [0.717, 1.165) is 22.6 Å². The van der Waals surface area contributed by atoms with Gasteiger partial charge in [0.15, 0.2) is 4.90 Å². The molecular formula is C18H21N3O8S. The van der Waals surface area contributed by atoms with Crippen molar-refractivity contribution in [2.45, 2.75) is 37.0 Å². The molecule has 0 radical (unpaired) electrons. The molecule has 2 heterocycles. The highest BCUT2D eigenvalue weighted by molar-refractivity contribution is 7.89. The highest BCUT2D eigenvalue weighted by atomic mass is 32.2. The van der Waals surface area contributed by atoms with E-state index in [1.54, 1.807) is 6.92 Å². The number of sulfonamides is 1. The van der Waals surface area contributed by atoms with Gasteiger partial charge in [-0.1, -0.05) is 18.2 Å². The Morgan fingerprint density at radius 3 is 2.73 bits per heavy atom. The Morgan fingerprint density at radius 1 is 1.37 bits per heavy atom. The minimum Gasteiger partial charge on any atom is -0.466 e. The summed E-state index contributed by atoms with van der Waals surface area (Å²) in [4.78, 5) is 34.1. The zero-order valence-electron chi connectivity index (χ0n) is 16.1. The van der Waals surface area contributed by atoms with E-state index in [1.165, 1.54) is 18.2 Å². The number of nitro groups is 1. The van der Waals surface area contributed by atoms with E-state index in [0.29, 0.717) is 13.0 Å². The molecule has 1 aromatic rings. The molecule has 3 atom stereocenters. The van der Waals surface area contributed by atoms with Crippen molar-refractivity contribution in [3.05, 3.63) is 46.7 Å². The van der Waals surface area contributed by atoms with Gasteiger partial charge in [-0.05, 0) is 13.0 Å². The minimum atomic E-state index is -4.41. The molecule has 1 amide bonds. The third-order valence-electron chi connectivity index (χ3n) is 4.73. The molecule has 12 heteroatoms. The first kappa shape index (κ1) is 21.7. The fourth-order valence-corrected chi connectivity index (χ4v) is 4.85. The van der Waals surface area contributed by atoms with E-state index in [2.05, 4.69) is 5.32 Å². The van der Waals surface area contributed by atoms with Crippen LogP contribution in [0.3, 0.4) is 0 Å². The van der Waals surface area contributed by atoms with Crippen LogP contribution < -0.4 is 5.32 Å². The van der Waals surface area contributed by atoms with Crippen LogP contribution >= 0.6 is 0 Å². The summed E-state index contributed by atoms with van der Waals surface area (Å²) in [6.45, 7) is 2.18. The quantitative estimate of drug-likeness (QED) is 0.375. The molecule has 0 unspecified atom stereocenters. The molecule has 1 saturated heterocycles. The maximum Gasteiger partial charge on any atom is 0.313 e. The lowest BCUT2D eigenvalue weighted by Crippen LogP contribution is -2.45. The van der Waals surface area contributed by atoms with Gasteiger partial charge < -0.3 is 14.8 Å². The number of hydrogen-bond donors (Lipinski definition) is 1. The first-order valence-electron chi connectivity index (χ1n) is 9.30. The van der Waals surface area contributed by atoms with Gasteiger partial charge in [-0.15, -0.1) is 0 Å². The molecule has 11 nitrogen and oxygen atoms in total. The normalized spacial score (nSPS) is 23.8. The standard InChI is InChI=1S/C18H21N3O8S/c1-2-28-18(23)12-8-10-20(16(11-12)29-14-7-9-19-17(14)22)30(26,27)15-6-4-3-5-13(15)21(24)25/h3-6,8,10,12,14,16H,2,7,9,11H2,1H3,(H,19,22)/t12-,14-,16-/m0/s1. The highest BCUT2D eigenvalue weighted by Gasteiger charge is 2.41. The number of amides is 1. The van der Waals surface area contributed by atoms with Crippen molar-refractivity contribution in [2.24, 2.45) is 5.92 Å². The van der Waals surface area contributed by atoms with Gasteiger partial charge in [0.1, 0.15) is 12.3 Å². The Morgan fingerprint density at radius 2 is 2.10 bits per heavy atom. The number of esters is 1. The van der Waals surface area contributed by atoms with Crippen LogP contribution in [0.2, 0.25) is 0 Å². The lowest BCUT2D eigenvalue weighted by molar-refractivity contribution is -0.387. The number of carbonyl (C=O) groups is 2. The fourth-order valence-electron chi connectivity index (χ4n) is 3.29. The third kappa shape index (κ3) is 4.28. The summed E-state index contributed by atoms with van der Waals surface area (Å²) >= 11 is 0. The summed E-state index contributed by atoms with van der Waals surface area (Å²) in [5.41, 5.74) is -0.587. The Bertz CT molecular complexity index is 977. The molecule has 0 aromatic heterocycles. The SMILES string of the molecule is CCOC(=O)[C@H]1C=CN(S(=O)(=O)c2ccccc2[N+](=O)[O-])[C@@H](O[C@H]2CCNC2=O)C1. The van der Waals surface area contributed by atoms with Crippen molar-refractivity contribution in [1.82, 2.24) is 9.62 Å². The van der Waals surface area contributed by atoms with Crippen LogP contribution in [0, 0.1) is 16.0 Å². The summed E-state index contributed by atoms with van der Waals surface area (Å²) in [5.74, 6) is -1.72. The van der Waals surface area contributed by atoms with Gasteiger partial charge in [0, 0.05) is 31.7 Å². The van der Waals surface area contributed by atoms with E-state index >= 15 is 0 Å². The van der Waals surface area contributed by atoms with Gasteiger partial charge in [-0.25, -0.2) is 12.7 Å². The van der Waals surface area contributed by atoms with Crippen molar-refractivity contribution < 1.29 is 32.4 Å². The van der Waals surface area contributed by atoms with Gasteiger partial charge in [0.05, 0.1) is 17.4 Å². The molecule has 0 bridgehead atoms. The number of carbonyl (C=O) groups excluding carboxylic acids is 2. The van der Waals surface area contributed by atoms with E-state index in [4.69, 9.17) is 9.47 Å². The molecule has 1 N–H and O–H groups in total. The van der Waals surface area contributed by atoms with Gasteiger partial charge >= 0.3 is 5.97 Å². The van der Waals surface area contributed by atoms with Crippen molar-refractivity contribution >= 4 is 27.6 Å². The van der Waals surface area contributed by atoms with Crippen molar-refractivity contribution in [2.75, 3.05) is 13.2 Å². The van der Waals surface area contributed by atoms with Crippen LogP contribution in [0.5, 0.6) is 0 Å². The molecule has 162 valence electrons. The fraction of sp³-hybridized carbons (Fsp3) is 0.444. The average molecular weight is 439 g/mol. The number of benzene rings is 1. The second kappa shape index (κ2) is 8.79. The molecule has 30 heavy (non-hydrogen) atoms. The van der Waals surface area contributed by atoms with E-state index in [9.17, 15) is 28.1 Å². The summed E-state index contributed by atoms with van der Waals surface area (Å²) in [7, 11) is -4.41. The first-order valence-corrected chi connectivity index (χ1v) is 10.7. The van der Waals surface area contributed by atoms with Gasteiger partial charge in [-0.2, -0.15) is 0 Å². The molecule has 3 rings (SSSR count). The number of nitro benzene ring substituents is 1. The maximum absolute atomic E-state index is 13.3. The molecule has 2 aliphatic rings. The number of nitrogens with one attached hydrogen (secondary N) is 1. The predicted molar refractivity (Wildman–Crippen MR) is 102 cm³/mol. The molecular weight excluding hydrogens is 418 g/mol. The number of para-hydroxylation sites is 1. The largest absolute Gasteiger partial charge is 0.466 e. The van der Waals surface area contributed by atoms with Crippen molar-refractivity contribution in [1.29, 1.82) is 0 Å². The number of nitrogens with zero attached hydrogens (tertiary/aromatic N) is 2. The molecule has 0 spiro atoms. The Labute approximate surface area is 172 Å². The maximum atomic E-state index is 13.3. The summed E-state index contributed by atoms with van der Waals surface area (Å²) < 4.78 is 38.1. The second-order valence-corrected chi connectivity index (χ2v) is 8.47. The summed E-state index contributed by atoms with van der Waals surface area (Å²) in [6, 6.07) is 4.94. The number of rotatable bonds is 7.